The second kappa shape index (κ2) is 16.8. The highest BCUT2D eigenvalue weighted by molar-refractivity contribution is 7.22. The van der Waals surface area contributed by atoms with Gasteiger partial charge < -0.3 is 14.0 Å². The highest BCUT2D eigenvalue weighted by Gasteiger charge is 2.32. The molecular weight excluding hydrogens is 550 g/mol. The summed E-state index contributed by atoms with van der Waals surface area (Å²) in [6, 6.07) is 4.59. The van der Waals surface area contributed by atoms with Crippen molar-refractivity contribution in [1.82, 2.24) is 14.5 Å². The third-order valence-corrected chi connectivity index (χ3v) is 8.81. The topological polar surface area (TPSA) is 63.8 Å². The van der Waals surface area contributed by atoms with Crippen molar-refractivity contribution in [3.05, 3.63) is 69.5 Å². The normalized spacial score (nSPS) is 15.8. The summed E-state index contributed by atoms with van der Waals surface area (Å²) < 4.78 is 8.24. The monoisotopic (exact) mass is 603 g/mol. The van der Waals surface area contributed by atoms with Crippen LogP contribution in [0.4, 0.5) is 0 Å². The van der Waals surface area contributed by atoms with E-state index in [1.165, 1.54) is 37.8 Å². The van der Waals surface area contributed by atoms with Crippen LogP contribution in [0.15, 0.2) is 41.4 Å². The number of aryl methyl sites for hydroxylation is 2. The van der Waals surface area contributed by atoms with Crippen molar-refractivity contribution in [3.8, 4) is 0 Å². The van der Waals surface area contributed by atoms with E-state index in [0.717, 1.165) is 44.4 Å². The molecule has 0 spiro atoms. The van der Waals surface area contributed by atoms with Crippen LogP contribution in [0.1, 0.15) is 135 Å². The first-order chi connectivity index (χ1) is 17.8. The number of carbonyl (C=O) groups excluding carboxylic acids is 1. The number of hydrogen-bond acceptors (Lipinski definition) is 4. The summed E-state index contributed by atoms with van der Waals surface area (Å²) in [7, 11) is 0. The van der Waals surface area contributed by atoms with E-state index < -0.39 is 0 Å². The third kappa shape index (κ3) is 8.48. The number of ketones is 1. The summed E-state index contributed by atoms with van der Waals surface area (Å²) in [5.41, 5.74) is 6.35. The number of fused-ring (bicyclic) bond motifs is 3. The van der Waals surface area contributed by atoms with Gasteiger partial charge in [-0.15, -0.1) is 11.3 Å². The van der Waals surface area contributed by atoms with Crippen LogP contribution in [0.5, 0.6) is 0 Å². The number of nitrogens with one attached hydrogen (secondary N) is 1. The van der Waals surface area contributed by atoms with Gasteiger partial charge in [0.1, 0.15) is 16.1 Å². The number of allylic oxidation sites excluding steroid dienone is 1. The molecule has 7 heteroatoms. The fraction of sp³-hybridized carbons (Fsp3) is 0.529. The fourth-order valence-corrected chi connectivity index (χ4v) is 6.30. The zero-order valence-corrected chi connectivity index (χ0v) is 24.1. The smallest absolute Gasteiger partial charge is 0.190 e. The Hall–Kier alpha value is -2.57. The van der Waals surface area contributed by atoms with E-state index in [0.29, 0.717) is 11.5 Å². The van der Waals surface area contributed by atoms with Crippen molar-refractivity contribution >= 4 is 45.1 Å². The lowest BCUT2D eigenvalue weighted by Gasteiger charge is -2.21. The van der Waals surface area contributed by atoms with Gasteiger partial charge in [-0.2, -0.15) is 0 Å². The average molecular weight is 604 g/mol. The minimum absolute atomic E-state index is 0. The van der Waals surface area contributed by atoms with Gasteiger partial charge in [-0.1, -0.05) is 74.9 Å². The number of aromatic nitrogens is 3. The zero-order chi connectivity index (χ0) is 26.6. The number of thiophene rings is 1. The van der Waals surface area contributed by atoms with Gasteiger partial charge in [-0.25, -0.2) is 4.98 Å². The molecule has 2 aliphatic rings. The third-order valence-electron chi connectivity index (χ3n) is 7.54. The number of nitrogens with zero attached hydrogens (tertiary/aromatic N) is 2. The zero-order valence-electron chi connectivity index (χ0n) is 22.6. The molecule has 1 atom stereocenters. The summed E-state index contributed by atoms with van der Waals surface area (Å²) in [6.45, 7) is 11.1. The van der Waals surface area contributed by atoms with Crippen LogP contribution in [-0.2, 0) is 18.3 Å². The minimum Gasteiger partial charge on any atom is -0.464 e. The second-order valence-electron chi connectivity index (χ2n) is 10.4. The second-order valence-corrected chi connectivity index (χ2v) is 12.1. The average Bonchev–Trinajstić information content (AvgIpc) is 3.68. The van der Waals surface area contributed by atoms with Gasteiger partial charge in [0.15, 0.2) is 5.78 Å². The molecule has 1 N–H and O–H groups in total. The molecule has 4 heterocycles. The van der Waals surface area contributed by atoms with Gasteiger partial charge in [0.2, 0.25) is 0 Å². The Morgan fingerprint density at radius 1 is 1.17 bits per heavy atom. The molecule has 6 rings (SSSR count). The lowest BCUT2D eigenvalue weighted by atomic mass is 9.83. The number of hydrogen-bond donors (Lipinski definition) is 1. The highest BCUT2D eigenvalue weighted by Crippen LogP contribution is 2.40. The van der Waals surface area contributed by atoms with Gasteiger partial charge in [-0.05, 0) is 81.2 Å². The van der Waals surface area contributed by atoms with Crippen molar-refractivity contribution < 1.29 is 9.21 Å². The lowest BCUT2D eigenvalue weighted by molar-refractivity contribution is 0.104. The van der Waals surface area contributed by atoms with Crippen LogP contribution in [0, 0.1) is 0 Å². The number of furan rings is 1. The Bertz CT molecular complexity index is 1370. The first-order valence-corrected chi connectivity index (χ1v) is 14.6. The van der Waals surface area contributed by atoms with Crippen LogP contribution >= 0.6 is 22.9 Å². The van der Waals surface area contributed by atoms with E-state index in [1.54, 1.807) is 35.3 Å². The molecule has 0 amide bonds. The van der Waals surface area contributed by atoms with Crippen LogP contribution in [0.2, 0.25) is 4.34 Å². The van der Waals surface area contributed by atoms with Crippen molar-refractivity contribution in [2.45, 2.75) is 121 Å². The molecule has 41 heavy (non-hydrogen) atoms. The van der Waals surface area contributed by atoms with E-state index >= 15 is 0 Å². The molecule has 0 saturated carbocycles. The molecule has 0 fully saturated rings. The van der Waals surface area contributed by atoms with E-state index in [1.807, 2.05) is 12.4 Å². The molecule has 0 aromatic carbocycles. The molecule has 0 aliphatic heterocycles. The summed E-state index contributed by atoms with van der Waals surface area (Å²) in [5.74, 6) is 0.835. The van der Waals surface area contributed by atoms with E-state index in [4.69, 9.17) is 16.0 Å². The Kier molecular flexibility index (Phi) is 15.7. The van der Waals surface area contributed by atoms with Crippen molar-refractivity contribution in [2.75, 3.05) is 0 Å². The first-order valence-electron chi connectivity index (χ1n) is 13.4. The number of unbranched alkanes of at least 4 members (excludes halogenated alkanes) is 2. The molecule has 0 bridgehead atoms. The summed E-state index contributed by atoms with van der Waals surface area (Å²) in [5, 5.41) is 0. The van der Waals surface area contributed by atoms with Gasteiger partial charge >= 0.3 is 0 Å². The minimum atomic E-state index is 0. The predicted octanol–water partition coefficient (Wildman–Crippen LogP) is 11.7. The van der Waals surface area contributed by atoms with Gasteiger partial charge in [0.05, 0.1) is 22.5 Å². The first kappa shape index (κ1) is 38.4. The standard InChI is InChI=1S/C12H14O2.C10H15N.C8H9ClN2S.4CH4/c1-2-3-4-5-9-8-14-11-7-6-10(13)12(9)11;1-3-10(2)6-4-9-8(10)5-7-11-9;1-5(2)11-4-10-6-3-7(9)12-8(6)11;;;;/h6-8H,2-5H2,1H3;5,7,11H,3-4,6H2,1-2H3;3-5H,1-2H3;4*1H4. The van der Waals surface area contributed by atoms with Crippen molar-refractivity contribution in [2.24, 2.45) is 0 Å². The molecule has 0 radical (unpaired) electrons. The molecule has 2 aliphatic carbocycles. The number of rotatable bonds is 6. The predicted molar refractivity (Wildman–Crippen MR) is 182 cm³/mol. The molecule has 4 aromatic rings. The Labute approximate surface area is 258 Å². The molecule has 230 valence electrons. The van der Waals surface area contributed by atoms with Gasteiger partial charge in [-0.3, -0.25) is 4.79 Å². The lowest BCUT2D eigenvalue weighted by Crippen LogP contribution is -2.15. The molecule has 5 nitrogen and oxygen atoms in total. The highest BCUT2D eigenvalue weighted by atomic mass is 35.5. The number of imidazole rings is 1. The van der Waals surface area contributed by atoms with Crippen LogP contribution in [0.25, 0.3) is 16.4 Å². The Morgan fingerprint density at radius 3 is 2.56 bits per heavy atom. The summed E-state index contributed by atoms with van der Waals surface area (Å²) in [6.07, 6.45) is 17.3. The largest absolute Gasteiger partial charge is 0.464 e. The fourth-order valence-electron chi connectivity index (χ4n) is 5.04. The molecular formula is C34H54ClN3O2S. The molecule has 0 saturated heterocycles. The van der Waals surface area contributed by atoms with E-state index in [9.17, 15) is 4.79 Å². The van der Waals surface area contributed by atoms with Gasteiger partial charge in [0.25, 0.3) is 0 Å². The number of H-pyrrole nitrogens is 1. The maximum atomic E-state index is 11.4. The van der Waals surface area contributed by atoms with Crippen LogP contribution in [-0.4, -0.2) is 20.3 Å². The Balaban J connectivity index is 0.000000562. The number of halogens is 1. The Morgan fingerprint density at radius 2 is 1.90 bits per heavy atom. The molecule has 1 unspecified atom stereocenters. The van der Waals surface area contributed by atoms with Gasteiger partial charge in [0, 0.05) is 23.5 Å². The van der Waals surface area contributed by atoms with Crippen LogP contribution < -0.4 is 0 Å². The van der Waals surface area contributed by atoms with Crippen molar-refractivity contribution in [3.63, 3.8) is 0 Å². The number of carbonyl (C=O) groups is 1. The number of aromatic amines is 1. The summed E-state index contributed by atoms with van der Waals surface area (Å²) in [4.78, 5) is 20.2. The van der Waals surface area contributed by atoms with Crippen LogP contribution in [0.3, 0.4) is 0 Å². The van der Waals surface area contributed by atoms with E-state index in [2.05, 4.69) is 61.4 Å². The maximum Gasteiger partial charge on any atom is 0.190 e. The van der Waals surface area contributed by atoms with Crippen molar-refractivity contribution in [1.29, 1.82) is 0 Å². The molecule has 4 aromatic heterocycles. The summed E-state index contributed by atoms with van der Waals surface area (Å²) >= 11 is 7.45. The maximum absolute atomic E-state index is 11.4. The quantitative estimate of drug-likeness (QED) is 0.223. The SMILES string of the molecule is C.C.C.C.CC(C)n1cnc2cc(Cl)sc21.CCC1(C)CCc2[nH]ccc21.CCCCCc1coc2c1C(=O)C=C2. The van der Waals surface area contributed by atoms with E-state index in [-0.39, 0.29) is 35.5 Å².